The number of hydrogen-bond donors (Lipinski definition) is 1. The SMILES string of the molecule is O=C(NC[C@H]1CS(=O)(=O)CCO1)c1ccc(-c2ccc([N+](=O)[O-])cc2Cl)o1. The van der Waals surface area contributed by atoms with Crippen LogP contribution in [-0.4, -0.2) is 50.0 Å². The molecule has 1 N–H and O–H groups in total. The van der Waals surface area contributed by atoms with Crippen LogP contribution < -0.4 is 5.32 Å². The molecule has 0 radical (unpaired) electrons. The van der Waals surface area contributed by atoms with Gasteiger partial charge in [0.15, 0.2) is 15.6 Å². The molecule has 0 spiro atoms. The van der Waals surface area contributed by atoms with Gasteiger partial charge >= 0.3 is 0 Å². The summed E-state index contributed by atoms with van der Waals surface area (Å²) in [5.41, 5.74) is 0.249. The zero-order valence-electron chi connectivity index (χ0n) is 13.9. The van der Waals surface area contributed by atoms with Gasteiger partial charge in [-0.1, -0.05) is 11.6 Å². The molecule has 1 amide bonds. The maximum Gasteiger partial charge on any atom is 0.287 e. The maximum atomic E-state index is 12.2. The number of furan rings is 1. The molecule has 1 atom stereocenters. The molecular formula is C16H15ClN2O7S. The highest BCUT2D eigenvalue weighted by Gasteiger charge is 2.26. The summed E-state index contributed by atoms with van der Waals surface area (Å²) in [5.74, 6) is -0.426. The third-order valence-corrected chi connectivity index (χ3v) is 5.92. The zero-order valence-corrected chi connectivity index (χ0v) is 15.5. The number of ether oxygens (including phenoxy) is 1. The van der Waals surface area contributed by atoms with Gasteiger partial charge in [0.2, 0.25) is 0 Å². The first-order valence-corrected chi connectivity index (χ1v) is 10.1. The molecule has 0 bridgehead atoms. The van der Waals surface area contributed by atoms with Crippen LogP contribution in [-0.2, 0) is 14.6 Å². The predicted molar refractivity (Wildman–Crippen MR) is 96.5 cm³/mol. The Labute approximate surface area is 159 Å². The first kappa shape index (κ1) is 19.3. The fourth-order valence-electron chi connectivity index (χ4n) is 2.59. The maximum absolute atomic E-state index is 12.2. The van der Waals surface area contributed by atoms with Crippen molar-refractivity contribution < 1.29 is 27.3 Å². The summed E-state index contributed by atoms with van der Waals surface area (Å²) >= 11 is 6.05. The smallest absolute Gasteiger partial charge is 0.287 e. The van der Waals surface area contributed by atoms with Gasteiger partial charge in [-0.25, -0.2) is 8.42 Å². The summed E-state index contributed by atoms with van der Waals surface area (Å²) in [6.45, 7) is 0.138. The average molecular weight is 415 g/mol. The van der Waals surface area contributed by atoms with Gasteiger partial charge in [-0.2, -0.15) is 0 Å². The van der Waals surface area contributed by atoms with E-state index in [-0.39, 0.29) is 46.9 Å². The number of non-ortho nitro benzene ring substituents is 1. The fraction of sp³-hybridized carbons (Fsp3) is 0.312. The van der Waals surface area contributed by atoms with Gasteiger partial charge in [-0.3, -0.25) is 14.9 Å². The number of sulfone groups is 1. The minimum atomic E-state index is -3.15. The summed E-state index contributed by atoms with van der Waals surface area (Å²) < 4.78 is 33.9. The van der Waals surface area contributed by atoms with E-state index in [9.17, 15) is 23.3 Å². The van der Waals surface area contributed by atoms with Crippen LogP contribution in [0.2, 0.25) is 5.02 Å². The minimum absolute atomic E-state index is 0.00177. The number of amides is 1. The standard InChI is InChI=1S/C16H15ClN2O7S/c17-13-7-10(19(21)22)1-2-12(13)14-3-4-15(26-14)16(20)18-8-11-9-27(23,24)6-5-25-11/h1-4,7,11H,5-6,8-9H2,(H,18,20)/t11-/m0/s1. The molecule has 27 heavy (non-hydrogen) atoms. The molecular weight excluding hydrogens is 400 g/mol. The lowest BCUT2D eigenvalue weighted by Crippen LogP contribution is -2.42. The number of nitro benzene ring substituents is 1. The first-order chi connectivity index (χ1) is 12.7. The minimum Gasteiger partial charge on any atom is -0.451 e. The third-order valence-electron chi connectivity index (χ3n) is 3.94. The van der Waals surface area contributed by atoms with Crippen LogP contribution in [0.5, 0.6) is 0 Å². The molecule has 0 saturated carbocycles. The van der Waals surface area contributed by atoms with Crippen LogP contribution in [0.1, 0.15) is 10.6 Å². The molecule has 11 heteroatoms. The number of benzene rings is 1. The Hall–Kier alpha value is -2.43. The summed E-state index contributed by atoms with van der Waals surface area (Å²) in [6.07, 6.45) is -0.605. The Balaban J connectivity index is 1.67. The second kappa shape index (κ2) is 7.67. The summed E-state index contributed by atoms with van der Waals surface area (Å²) in [5, 5.41) is 13.4. The van der Waals surface area contributed by atoms with Crippen LogP contribution in [0.3, 0.4) is 0 Å². The van der Waals surface area contributed by atoms with Crippen molar-refractivity contribution in [2.24, 2.45) is 0 Å². The Bertz CT molecular complexity index is 986. The van der Waals surface area contributed by atoms with Gasteiger partial charge in [0.05, 0.1) is 34.2 Å². The number of nitrogens with zero attached hydrogens (tertiary/aromatic N) is 1. The normalized spacial score (nSPS) is 18.8. The summed E-state index contributed by atoms with van der Waals surface area (Å²) in [7, 11) is -3.15. The van der Waals surface area contributed by atoms with Crippen molar-refractivity contribution in [1.82, 2.24) is 5.32 Å². The number of carbonyl (C=O) groups excluding carboxylic acids is 1. The van der Waals surface area contributed by atoms with Crippen LogP contribution in [0.25, 0.3) is 11.3 Å². The van der Waals surface area contributed by atoms with Crippen molar-refractivity contribution in [3.8, 4) is 11.3 Å². The van der Waals surface area contributed by atoms with E-state index < -0.39 is 26.8 Å². The first-order valence-electron chi connectivity index (χ1n) is 7.89. The summed E-state index contributed by atoms with van der Waals surface area (Å²) in [6, 6.07) is 6.86. The molecule has 3 rings (SSSR count). The van der Waals surface area contributed by atoms with Gasteiger partial charge in [0, 0.05) is 24.2 Å². The Morgan fingerprint density at radius 1 is 1.33 bits per heavy atom. The molecule has 1 aromatic heterocycles. The third kappa shape index (κ3) is 4.65. The number of nitrogens with one attached hydrogen (secondary N) is 1. The molecule has 1 saturated heterocycles. The van der Waals surface area contributed by atoms with Gasteiger partial charge in [-0.05, 0) is 18.2 Å². The molecule has 2 aromatic rings. The second-order valence-corrected chi connectivity index (χ2v) is 8.54. The molecule has 2 heterocycles. The quantitative estimate of drug-likeness (QED) is 0.585. The predicted octanol–water partition coefficient (Wildman–Crippen LogP) is 2.05. The monoisotopic (exact) mass is 414 g/mol. The van der Waals surface area contributed by atoms with Crippen molar-refractivity contribution in [2.45, 2.75) is 6.10 Å². The van der Waals surface area contributed by atoms with E-state index in [1.807, 2.05) is 0 Å². The van der Waals surface area contributed by atoms with Crippen molar-refractivity contribution in [2.75, 3.05) is 24.7 Å². The van der Waals surface area contributed by atoms with Gasteiger partial charge in [0.1, 0.15) is 5.76 Å². The Kier molecular flexibility index (Phi) is 5.49. The van der Waals surface area contributed by atoms with Crippen LogP contribution in [0.15, 0.2) is 34.7 Å². The van der Waals surface area contributed by atoms with Gasteiger partial charge in [-0.15, -0.1) is 0 Å². The molecule has 9 nitrogen and oxygen atoms in total. The Morgan fingerprint density at radius 2 is 2.11 bits per heavy atom. The van der Waals surface area contributed by atoms with Crippen molar-refractivity contribution >= 4 is 33.0 Å². The van der Waals surface area contributed by atoms with Crippen LogP contribution in [0.4, 0.5) is 5.69 Å². The fourth-order valence-corrected chi connectivity index (χ4v) is 4.16. The molecule has 1 fully saturated rings. The van der Waals surface area contributed by atoms with E-state index in [1.165, 1.54) is 30.3 Å². The van der Waals surface area contributed by atoms with E-state index >= 15 is 0 Å². The lowest BCUT2D eigenvalue weighted by atomic mass is 10.1. The largest absolute Gasteiger partial charge is 0.451 e. The van der Waals surface area contributed by atoms with Crippen molar-refractivity contribution in [3.05, 3.63) is 51.2 Å². The van der Waals surface area contributed by atoms with Gasteiger partial charge in [0.25, 0.3) is 11.6 Å². The van der Waals surface area contributed by atoms with Crippen LogP contribution in [0, 0.1) is 10.1 Å². The lowest BCUT2D eigenvalue weighted by Gasteiger charge is -2.22. The number of rotatable bonds is 5. The van der Waals surface area contributed by atoms with Gasteiger partial charge < -0.3 is 14.5 Å². The highest BCUT2D eigenvalue weighted by atomic mass is 35.5. The average Bonchev–Trinajstić information content (AvgIpc) is 3.08. The molecule has 1 aliphatic rings. The second-order valence-electron chi connectivity index (χ2n) is 5.90. The van der Waals surface area contributed by atoms with E-state index in [2.05, 4.69) is 5.32 Å². The lowest BCUT2D eigenvalue weighted by molar-refractivity contribution is -0.384. The molecule has 0 aliphatic carbocycles. The molecule has 1 aromatic carbocycles. The van der Waals surface area contributed by atoms with Crippen molar-refractivity contribution in [1.29, 1.82) is 0 Å². The van der Waals surface area contributed by atoms with E-state index in [0.29, 0.717) is 5.56 Å². The molecule has 1 aliphatic heterocycles. The molecule has 144 valence electrons. The van der Waals surface area contributed by atoms with E-state index in [1.54, 1.807) is 0 Å². The number of halogens is 1. The van der Waals surface area contributed by atoms with Crippen molar-refractivity contribution in [3.63, 3.8) is 0 Å². The number of hydrogen-bond acceptors (Lipinski definition) is 7. The molecule has 0 unspecified atom stereocenters. The van der Waals surface area contributed by atoms with E-state index in [4.69, 9.17) is 20.8 Å². The number of carbonyl (C=O) groups is 1. The summed E-state index contributed by atoms with van der Waals surface area (Å²) in [4.78, 5) is 22.4. The zero-order chi connectivity index (χ0) is 19.6. The highest BCUT2D eigenvalue weighted by Crippen LogP contribution is 2.32. The highest BCUT2D eigenvalue weighted by molar-refractivity contribution is 7.91. The van der Waals surface area contributed by atoms with Crippen LogP contribution >= 0.6 is 11.6 Å². The number of nitro groups is 1. The Morgan fingerprint density at radius 3 is 2.78 bits per heavy atom. The van der Waals surface area contributed by atoms with E-state index in [0.717, 1.165) is 0 Å². The topological polar surface area (TPSA) is 129 Å².